The van der Waals surface area contributed by atoms with E-state index in [1.807, 2.05) is 43.3 Å². The van der Waals surface area contributed by atoms with E-state index >= 15 is 0 Å². The van der Waals surface area contributed by atoms with Crippen LogP contribution in [0.2, 0.25) is 0 Å². The van der Waals surface area contributed by atoms with Gasteiger partial charge in [-0.25, -0.2) is 0 Å². The minimum Gasteiger partial charge on any atom is -0.352 e. The largest absolute Gasteiger partial charge is 0.352 e. The van der Waals surface area contributed by atoms with Crippen LogP contribution in [0, 0.1) is 5.92 Å². The second kappa shape index (κ2) is 5.44. The molecule has 0 unspecified atom stereocenters. The fraction of sp³-hybridized carbons (Fsp3) is 0.333. The molecule has 1 heterocycles. The van der Waals surface area contributed by atoms with Gasteiger partial charge in [0.25, 0.3) is 5.91 Å². The summed E-state index contributed by atoms with van der Waals surface area (Å²) in [5.74, 6) is 0.136. The van der Waals surface area contributed by atoms with Crippen molar-refractivity contribution >= 4 is 28.3 Å². The van der Waals surface area contributed by atoms with Gasteiger partial charge in [0.2, 0.25) is 5.91 Å². The highest BCUT2D eigenvalue weighted by molar-refractivity contribution is 6.26. The molecule has 0 aliphatic carbocycles. The molecule has 0 saturated heterocycles. The lowest BCUT2D eigenvalue weighted by Gasteiger charge is -2.21. The van der Waals surface area contributed by atoms with Gasteiger partial charge in [-0.1, -0.05) is 38.1 Å². The number of hydrogen-bond donors (Lipinski definition) is 1. The summed E-state index contributed by atoms with van der Waals surface area (Å²) in [4.78, 5) is 26.4. The predicted molar refractivity (Wildman–Crippen MR) is 88.1 cm³/mol. The molecule has 1 N–H and O–H groups in total. The van der Waals surface area contributed by atoms with Gasteiger partial charge < -0.3 is 5.32 Å². The van der Waals surface area contributed by atoms with E-state index in [-0.39, 0.29) is 24.4 Å². The highest BCUT2D eigenvalue weighted by atomic mass is 16.2. The SMILES string of the molecule is CC(C)[C@H](C)NC(=O)CN1C(=O)c2cccc3cccc1c23. The summed E-state index contributed by atoms with van der Waals surface area (Å²) < 4.78 is 0. The topological polar surface area (TPSA) is 49.4 Å². The molecule has 4 nitrogen and oxygen atoms in total. The van der Waals surface area contributed by atoms with E-state index in [4.69, 9.17) is 0 Å². The summed E-state index contributed by atoms with van der Waals surface area (Å²) in [6.45, 7) is 6.15. The third-order valence-corrected chi connectivity index (χ3v) is 4.34. The average Bonchev–Trinajstić information content (AvgIpc) is 2.75. The summed E-state index contributed by atoms with van der Waals surface area (Å²) >= 11 is 0. The minimum atomic E-state index is -0.126. The lowest BCUT2D eigenvalue weighted by atomic mass is 10.1. The van der Waals surface area contributed by atoms with Crippen LogP contribution in [0.25, 0.3) is 10.8 Å². The number of nitrogens with zero attached hydrogens (tertiary/aromatic N) is 1. The van der Waals surface area contributed by atoms with E-state index in [0.717, 1.165) is 16.5 Å². The molecule has 22 heavy (non-hydrogen) atoms. The van der Waals surface area contributed by atoms with Crippen molar-refractivity contribution in [3.63, 3.8) is 0 Å². The van der Waals surface area contributed by atoms with Crippen molar-refractivity contribution in [1.29, 1.82) is 0 Å². The fourth-order valence-corrected chi connectivity index (χ4v) is 2.75. The van der Waals surface area contributed by atoms with Crippen molar-refractivity contribution in [2.75, 3.05) is 11.4 Å². The fourth-order valence-electron chi connectivity index (χ4n) is 2.75. The van der Waals surface area contributed by atoms with Crippen LogP contribution < -0.4 is 10.2 Å². The molecular weight excluding hydrogens is 276 g/mol. The van der Waals surface area contributed by atoms with Gasteiger partial charge >= 0.3 is 0 Å². The monoisotopic (exact) mass is 296 g/mol. The van der Waals surface area contributed by atoms with E-state index in [1.165, 1.54) is 0 Å². The Bertz CT molecular complexity index is 747. The standard InChI is InChI=1S/C18H20N2O2/c1-11(2)12(3)19-16(21)10-20-15-9-5-7-13-6-4-8-14(17(13)15)18(20)22/h4-9,11-12H,10H2,1-3H3,(H,19,21)/t12-/m0/s1. The highest BCUT2D eigenvalue weighted by Gasteiger charge is 2.31. The molecule has 0 fully saturated rings. The summed E-state index contributed by atoms with van der Waals surface area (Å²) in [6, 6.07) is 11.6. The smallest absolute Gasteiger partial charge is 0.259 e. The van der Waals surface area contributed by atoms with Crippen molar-refractivity contribution < 1.29 is 9.59 Å². The average molecular weight is 296 g/mol. The molecule has 0 aromatic heterocycles. The van der Waals surface area contributed by atoms with Crippen molar-refractivity contribution in [3.05, 3.63) is 42.0 Å². The maximum atomic E-state index is 12.6. The number of carbonyl (C=O) groups is 2. The summed E-state index contributed by atoms with van der Waals surface area (Å²) in [6.07, 6.45) is 0. The van der Waals surface area contributed by atoms with E-state index < -0.39 is 0 Å². The number of rotatable bonds is 4. The predicted octanol–water partition coefficient (Wildman–Crippen LogP) is 2.96. The highest BCUT2D eigenvalue weighted by Crippen LogP contribution is 2.36. The molecule has 1 aliphatic heterocycles. The van der Waals surface area contributed by atoms with Gasteiger partial charge in [-0.05, 0) is 30.4 Å². The minimum absolute atomic E-state index is 0.0592. The van der Waals surface area contributed by atoms with Crippen molar-refractivity contribution in [1.82, 2.24) is 5.32 Å². The number of nitrogens with one attached hydrogen (secondary N) is 1. The molecule has 2 amide bonds. The molecule has 114 valence electrons. The molecule has 2 aromatic carbocycles. The van der Waals surface area contributed by atoms with E-state index in [9.17, 15) is 9.59 Å². The van der Waals surface area contributed by atoms with Gasteiger partial charge in [0.05, 0.1) is 5.69 Å². The van der Waals surface area contributed by atoms with Gasteiger partial charge in [-0.2, -0.15) is 0 Å². The third-order valence-electron chi connectivity index (χ3n) is 4.34. The maximum absolute atomic E-state index is 12.6. The number of amides is 2. The van der Waals surface area contributed by atoms with E-state index in [2.05, 4.69) is 19.2 Å². The van der Waals surface area contributed by atoms with E-state index in [0.29, 0.717) is 11.5 Å². The van der Waals surface area contributed by atoms with Gasteiger partial charge in [-0.15, -0.1) is 0 Å². The molecule has 0 spiro atoms. The van der Waals surface area contributed by atoms with Crippen molar-refractivity contribution in [3.8, 4) is 0 Å². The van der Waals surface area contributed by atoms with Gasteiger partial charge in [0.1, 0.15) is 6.54 Å². The summed E-state index contributed by atoms with van der Waals surface area (Å²) in [5, 5.41) is 4.93. The van der Waals surface area contributed by atoms with Crippen LogP contribution in [-0.2, 0) is 4.79 Å². The molecule has 0 saturated carbocycles. The van der Waals surface area contributed by atoms with Gasteiger partial charge in [0, 0.05) is 17.0 Å². The quantitative estimate of drug-likeness (QED) is 0.943. The Balaban J connectivity index is 1.87. The van der Waals surface area contributed by atoms with Crippen LogP contribution >= 0.6 is 0 Å². The van der Waals surface area contributed by atoms with Gasteiger partial charge in [0.15, 0.2) is 0 Å². The molecule has 0 radical (unpaired) electrons. The molecule has 1 aliphatic rings. The molecule has 1 atom stereocenters. The molecule has 4 heteroatoms. The summed E-state index contributed by atoms with van der Waals surface area (Å²) in [5.41, 5.74) is 1.50. The zero-order valence-corrected chi connectivity index (χ0v) is 13.1. The lowest BCUT2D eigenvalue weighted by Crippen LogP contribution is -2.43. The lowest BCUT2D eigenvalue weighted by molar-refractivity contribution is -0.120. The maximum Gasteiger partial charge on any atom is 0.259 e. The number of hydrogen-bond acceptors (Lipinski definition) is 2. The second-order valence-electron chi connectivity index (χ2n) is 6.17. The Hall–Kier alpha value is -2.36. The first-order valence-corrected chi connectivity index (χ1v) is 7.62. The normalized spacial score (nSPS) is 14.7. The summed E-state index contributed by atoms with van der Waals surface area (Å²) in [7, 11) is 0. The first kappa shape index (κ1) is 14.6. The first-order chi connectivity index (χ1) is 10.5. The van der Waals surface area contributed by atoms with Crippen LogP contribution in [0.1, 0.15) is 31.1 Å². The second-order valence-corrected chi connectivity index (χ2v) is 6.17. The number of carbonyl (C=O) groups excluding carboxylic acids is 2. The van der Waals surface area contributed by atoms with Crippen LogP contribution in [0.15, 0.2) is 36.4 Å². The Morgan fingerprint density at radius 2 is 1.82 bits per heavy atom. The zero-order valence-electron chi connectivity index (χ0n) is 13.1. The molecular formula is C18H20N2O2. The number of benzene rings is 2. The molecule has 3 rings (SSSR count). The Labute approximate surface area is 130 Å². The Morgan fingerprint density at radius 1 is 1.14 bits per heavy atom. The number of anilines is 1. The molecule has 0 bridgehead atoms. The van der Waals surface area contributed by atoms with Crippen LogP contribution in [0.4, 0.5) is 5.69 Å². The van der Waals surface area contributed by atoms with Crippen LogP contribution in [-0.4, -0.2) is 24.4 Å². The Morgan fingerprint density at radius 3 is 2.50 bits per heavy atom. The van der Waals surface area contributed by atoms with E-state index in [1.54, 1.807) is 4.90 Å². The third kappa shape index (κ3) is 2.34. The Kier molecular flexibility index (Phi) is 3.61. The van der Waals surface area contributed by atoms with Crippen LogP contribution in [0.3, 0.4) is 0 Å². The van der Waals surface area contributed by atoms with Crippen LogP contribution in [0.5, 0.6) is 0 Å². The van der Waals surface area contributed by atoms with Crippen molar-refractivity contribution in [2.45, 2.75) is 26.8 Å². The first-order valence-electron chi connectivity index (χ1n) is 7.62. The zero-order chi connectivity index (χ0) is 15.9. The van der Waals surface area contributed by atoms with Gasteiger partial charge in [-0.3, -0.25) is 14.5 Å². The van der Waals surface area contributed by atoms with Crippen molar-refractivity contribution in [2.24, 2.45) is 5.92 Å². The molecule has 2 aromatic rings.